The van der Waals surface area contributed by atoms with Crippen molar-refractivity contribution in [3.8, 4) is 11.1 Å². The second-order valence-electron chi connectivity index (χ2n) is 8.74. The van der Waals surface area contributed by atoms with Gasteiger partial charge in [-0.25, -0.2) is 12.8 Å². The number of rotatable bonds is 5. The molecule has 0 atom stereocenters. The standard InChI is InChI=1S/C28H28FNO3S/c1-20(7-8-22-9-11-23(12-10-22)26-5-3-4-6-27(26)29)25-14-13-24(19-21(25)2)28(31)30-15-17-34(32,33)18-16-30/h3-7,9-14,19H,8,15-18H2,1-2H3/b20-7-. The fourth-order valence-corrected chi connectivity index (χ4v) is 5.44. The number of sulfone groups is 1. The van der Waals surface area contributed by atoms with Crippen molar-refractivity contribution in [2.75, 3.05) is 24.6 Å². The van der Waals surface area contributed by atoms with Crippen molar-refractivity contribution in [3.63, 3.8) is 0 Å². The largest absolute Gasteiger partial charge is 0.337 e. The number of nitrogens with zero attached hydrogens (tertiary/aromatic N) is 1. The Morgan fingerprint density at radius 3 is 2.32 bits per heavy atom. The first kappa shape index (κ1) is 23.9. The normalized spacial score (nSPS) is 15.9. The smallest absolute Gasteiger partial charge is 0.253 e. The Hall–Kier alpha value is -3.25. The van der Waals surface area contributed by atoms with Gasteiger partial charge in [-0.2, -0.15) is 0 Å². The Balaban J connectivity index is 1.43. The maximum absolute atomic E-state index is 14.0. The first-order chi connectivity index (χ1) is 16.2. The van der Waals surface area contributed by atoms with Crippen LogP contribution in [0.5, 0.6) is 0 Å². The van der Waals surface area contributed by atoms with Gasteiger partial charge in [0, 0.05) is 24.2 Å². The number of halogens is 1. The maximum atomic E-state index is 14.0. The number of benzene rings is 3. The predicted molar refractivity (Wildman–Crippen MR) is 135 cm³/mol. The van der Waals surface area contributed by atoms with Crippen LogP contribution in [0.1, 0.15) is 34.0 Å². The second kappa shape index (κ2) is 9.94. The summed E-state index contributed by atoms with van der Waals surface area (Å²) in [4.78, 5) is 14.4. The van der Waals surface area contributed by atoms with Crippen molar-refractivity contribution in [2.45, 2.75) is 20.3 Å². The van der Waals surface area contributed by atoms with Gasteiger partial charge in [-0.15, -0.1) is 0 Å². The first-order valence-corrected chi connectivity index (χ1v) is 13.2. The molecule has 1 fully saturated rings. The van der Waals surface area contributed by atoms with E-state index in [0.717, 1.165) is 34.2 Å². The lowest BCUT2D eigenvalue weighted by atomic mass is 9.97. The zero-order valence-electron chi connectivity index (χ0n) is 19.4. The molecule has 4 rings (SSSR count). The van der Waals surface area contributed by atoms with Crippen LogP contribution in [0, 0.1) is 12.7 Å². The lowest BCUT2D eigenvalue weighted by Gasteiger charge is -2.27. The van der Waals surface area contributed by atoms with Gasteiger partial charge in [0.25, 0.3) is 5.91 Å². The second-order valence-corrected chi connectivity index (χ2v) is 11.0. The molecule has 3 aromatic carbocycles. The van der Waals surface area contributed by atoms with Gasteiger partial charge in [0.2, 0.25) is 0 Å². The molecular formula is C28H28FNO3S. The highest BCUT2D eigenvalue weighted by Gasteiger charge is 2.25. The molecule has 1 amide bonds. The molecule has 1 heterocycles. The van der Waals surface area contributed by atoms with E-state index in [9.17, 15) is 17.6 Å². The van der Waals surface area contributed by atoms with Crippen LogP contribution in [0.4, 0.5) is 4.39 Å². The van der Waals surface area contributed by atoms with Crippen LogP contribution in [0.2, 0.25) is 0 Å². The van der Waals surface area contributed by atoms with E-state index in [-0.39, 0.29) is 36.3 Å². The summed E-state index contributed by atoms with van der Waals surface area (Å²) in [5.41, 5.74) is 6.34. The van der Waals surface area contributed by atoms with Crippen molar-refractivity contribution in [1.29, 1.82) is 0 Å². The number of aryl methyl sites for hydroxylation is 1. The summed E-state index contributed by atoms with van der Waals surface area (Å²) in [5.74, 6) is -0.299. The number of amides is 1. The van der Waals surface area contributed by atoms with Crippen LogP contribution in [0.3, 0.4) is 0 Å². The minimum absolute atomic E-state index is 0.0267. The molecule has 1 aliphatic rings. The van der Waals surface area contributed by atoms with Crippen molar-refractivity contribution in [1.82, 2.24) is 4.90 Å². The zero-order chi connectivity index (χ0) is 24.3. The van der Waals surface area contributed by atoms with E-state index in [1.165, 1.54) is 6.07 Å². The summed E-state index contributed by atoms with van der Waals surface area (Å²) >= 11 is 0. The van der Waals surface area contributed by atoms with Gasteiger partial charge in [-0.05, 0) is 66.3 Å². The highest BCUT2D eigenvalue weighted by atomic mass is 32.2. The number of hydrogen-bond acceptors (Lipinski definition) is 3. The van der Waals surface area contributed by atoms with Gasteiger partial charge >= 0.3 is 0 Å². The van der Waals surface area contributed by atoms with E-state index in [2.05, 4.69) is 6.08 Å². The van der Waals surface area contributed by atoms with Crippen LogP contribution in [-0.2, 0) is 16.3 Å². The summed E-state index contributed by atoms with van der Waals surface area (Å²) < 4.78 is 37.3. The summed E-state index contributed by atoms with van der Waals surface area (Å²) in [7, 11) is -3.02. The van der Waals surface area contributed by atoms with Gasteiger partial charge in [0.1, 0.15) is 5.82 Å². The average molecular weight is 478 g/mol. The summed E-state index contributed by atoms with van der Waals surface area (Å²) in [6, 6.07) is 20.3. The Labute approximate surface area is 200 Å². The lowest BCUT2D eigenvalue weighted by Crippen LogP contribution is -2.43. The van der Waals surface area contributed by atoms with E-state index < -0.39 is 9.84 Å². The quantitative estimate of drug-likeness (QED) is 0.500. The van der Waals surface area contributed by atoms with Crippen LogP contribution in [0.25, 0.3) is 16.7 Å². The molecular weight excluding hydrogens is 449 g/mol. The highest BCUT2D eigenvalue weighted by Crippen LogP contribution is 2.25. The monoisotopic (exact) mass is 477 g/mol. The van der Waals surface area contributed by atoms with E-state index >= 15 is 0 Å². The van der Waals surface area contributed by atoms with Crippen molar-refractivity contribution < 1.29 is 17.6 Å². The molecule has 0 unspecified atom stereocenters. The van der Waals surface area contributed by atoms with Gasteiger partial charge in [0.05, 0.1) is 11.5 Å². The summed E-state index contributed by atoms with van der Waals surface area (Å²) in [6.07, 6.45) is 2.89. The van der Waals surface area contributed by atoms with Crippen molar-refractivity contribution >= 4 is 21.3 Å². The Morgan fingerprint density at radius 1 is 1.00 bits per heavy atom. The van der Waals surface area contributed by atoms with E-state index in [1.54, 1.807) is 17.0 Å². The minimum atomic E-state index is -3.02. The first-order valence-electron chi connectivity index (χ1n) is 11.3. The third-order valence-electron chi connectivity index (χ3n) is 6.31. The fourth-order valence-electron chi connectivity index (χ4n) is 4.23. The minimum Gasteiger partial charge on any atom is -0.337 e. The van der Waals surface area contributed by atoms with E-state index in [4.69, 9.17) is 0 Å². The Kier molecular flexibility index (Phi) is 6.98. The van der Waals surface area contributed by atoms with Gasteiger partial charge < -0.3 is 4.90 Å². The van der Waals surface area contributed by atoms with Crippen molar-refractivity contribution in [3.05, 3.63) is 101 Å². The number of carbonyl (C=O) groups excluding carboxylic acids is 1. The van der Waals surface area contributed by atoms with Crippen LogP contribution in [0.15, 0.2) is 72.8 Å². The predicted octanol–water partition coefficient (Wildman–Crippen LogP) is 5.32. The van der Waals surface area contributed by atoms with Crippen molar-refractivity contribution in [2.24, 2.45) is 0 Å². The topological polar surface area (TPSA) is 54.5 Å². The molecule has 0 bridgehead atoms. The number of hydrogen-bond donors (Lipinski definition) is 0. The van der Waals surface area contributed by atoms with E-state index in [1.807, 2.05) is 62.4 Å². The lowest BCUT2D eigenvalue weighted by molar-refractivity contribution is 0.0770. The molecule has 1 aliphatic heterocycles. The van der Waals surface area contributed by atoms with Crippen LogP contribution >= 0.6 is 0 Å². The zero-order valence-corrected chi connectivity index (χ0v) is 20.2. The molecule has 176 valence electrons. The van der Waals surface area contributed by atoms with Gasteiger partial charge in [-0.1, -0.05) is 54.6 Å². The number of carbonyl (C=O) groups is 1. The SMILES string of the molecule is C/C(=C/Cc1ccc(-c2ccccc2F)cc1)c1ccc(C(=O)N2CCS(=O)(=O)CC2)cc1C. The molecule has 4 nitrogen and oxygen atoms in total. The Morgan fingerprint density at radius 2 is 1.68 bits per heavy atom. The van der Waals surface area contributed by atoms with Gasteiger partial charge in [0.15, 0.2) is 9.84 Å². The molecule has 6 heteroatoms. The molecule has 0 saturated carbocycles. The molecule has 3 aromatic rings. The number of allylic oxidation sites excluding steroid dienone is 2. The highest BCUT2D eigenvalue weighted by molar-refractivity contribution is 7.91. The Bertz CT molecular complexity index is 1330. The molecule has 0 aromatic heterocycles. The van der Waals surface area contributed by atoms with Crippen LogP contribution < -0.4 is 0 Å². The molecule has 1 saturated heterocycles. The molecule has 34 heavy (non-hydrogen) atoms. The van der Waals surface area contributed by atoms with Crippen LogP contribution in [-0.4, -0.2) is 43.8 Å². The molecule has 0 spiro atoms. The third kappa shape index (κ3) is 5.45. The molecule has 0 aliphatic carbocycles. The summed E-state index contributed by atoms with van der Waals surface area (Å²) in [5, 5.41) is 0. The van der Waals surface area contributed by atoms with Gasteiger partial charge in [-0.3, -0.25) is 4.79 Å². The molecule has 0 radical (unpaired) electrons. The average Bonchev–Trinajstić information content (AvgIpc) is 2.83. The fraction of sp³-hybridized carbons (Fsp3) is 0.250. The van der Waals surface area contributed by atoms with E-state index in [0.29, 0.717) is 11.1 Å². The molecule has 0 N–H and O–H groups in total. The third-order valence-corrected chi connectivity index (χ3v) is 7.92. The maximum Gasteiger partial charge on any atom is 0.253 e. The summed E-state index contributed by atoms with van der Waals surface area (Å²) in [6.45, 7) is 4.52.